The topological polar surface area (TPSA) is 119 Å². The lowest BCUT2D eigenvalue weighted by atomic mass is 9.92. The first kappa shape index (κ1) is 29.0. The van der Waals surface area contributed by atoms with Crippen LogP contribution in [-0.2, 0) is 34.8 Å². The number of aromatic nitrogens is 3. The molecule has 0 fully saturated rings. The van der Waals surface area contributed by atoms with Crippen molar-refractivity contribution in [2.75, 3.05) is 20.3 Å². The SMILES string of the molecule is COCCOc1cc2nccc(Oc3ccc(CC(=O)Cc4cc(C(C)(C)C)nn4C)c(Cl)c3)c2cc1C(N)=O. The molecule has 0 radical (unpaired) electrons. The number of ether oxygens (including phenoxy) is 3. The van der Waals surface area contributed by atoms with Gasteiger partial charge in [0, 0.05) is 60.8 Å². The zero-order valence-electron chi connectivity index (χ0n) is 23.3. The summed E-state index contributed by atoms with van der Waals surface area (Å²) in [6, 6.07) is 12.1. The largest absolute Gasteiger partial charge is 0.490 e. The number of carbonyl (C=O) groups is 2. The molecular formula is C30H33ClN4O5. The van der Waals surface area contributed by atoms with Crippen molar-refractivity contribution in [3.8, 4) is 17.2 Å². The Kier molecular flexibility index (Phi) is 8.76. The molecule has 2 N–H and O–H groups in total. The van der Waals surface area contributed by atoms with E-state index in [0.717, 1.165) is 11.4 Å². The normalized spacial score (nSPS) is 11.6. The Balaban J connectivity index is 1.51. The van der Waals surface area contributed by atoms with Crippen molar-refractivity contribution in [2.45, 2.75) is 39.0 Å². The molecule has 0 aliphatic rings. The van der Waals surface area contributed by atoms with E-state index < -0.39 is 5.91 Å². The molecule has 2 aromatic heterocycles. The van der Waals surface area contributed by atoms with Crippen LogP contribution in [0.4, 0.5) is 0 Å². The third kappa shape index (κ3) is 6.78. The van der Waals surface area contributed by atoms with Gasteiger partial charge in [-0.3, -0.25) is 19.3 Å². The van der Waals surface area contributed by atoms with Gasteiger partial charge in [0.2, 0.25) is 0 Å². The number of nitrogens with zero attached hydrogens (tertiary/aromatic N) is 3. The molecule has 0 saturated carbocycles. The number of primary amides is 1. The lowest BCUT2D eigenvalue weighted by Crippen LogP contribution is -2.14. The van der Waals surface area contributed by atoms with Crippen LogP contribution < -0.4 is 15.2 Å². The summed E-state index contributed by atoms with van der Waals surface area (Å²) in [4.78, 5) is 29.4. The van der Waals surface area contributed by atoms with E-state index in [1.807, 2.05) is 13.1 Å². The summed E-state index contributed by atoms with van der Waals surface area (Å²) in [5, 5.41) is 5.54. The van der Waals surface area contributed by atoms with Crippen LogP contribution in [0, 0.1) is 0 Å². The molecule has 0 atom stereocenters. The summed E-state index contributed by atoms with van der Waals surface area (Å²) in [5.41, 5.74) is 8.78. The number of amides is 1. The number of carbonyl (C=O) groups excluding carboxylic acids is 2. The molecule has 0 aliphatic carbocycles. The number of aryl methyl sites for hydroxylation is 1. The summed E-state index contributed by atoms with van der Waals surface area (Å²) >= 11 is 6.55. The van der Waals surface area contributed by atoms with Gasteiger partial charge >= 0.3 is 0 Å². The van der Waals surface area contributed by atoms with E-state index in [2.05, 4.69) is 30.9 Å². The van der Waals surface area contributed by atoms with Crippen molar-refractivity contribution in [2.24, 2.45) is 12.8 Å². The molecule has 210 valence electrons. The molecule has 4 rings (SSSR count). The van der Waals surface area contributed by atoms with Crippen molar-refractivity contribution in [1.82, 2.24) is 14.8 Å². The first-order valence-corrected chi connectivity index (χ1v) is 13.2. The Morgan fingerprint density at radius 3 is 2.45 bits per heavy atom. The molecule has 0 bridgehead atoms. The van der Waals surface area contributed by atoms with Gasteiger partial charge in [-0.2, -0.15) is 5.10 Å². The molecular weight excluding hydrogens is 532 g/mol. The van der Waals surface area contributed by atoms with Crippen molar-refractivity contribution in [1.29, 1.82) is 0 Å². The number of ketones is 1. The number of nitrogens with two attached hydrogens (primary N) is 1. The lowest BCUT2D eigenvalue weighted by molar-refractivity contribution is -0.117. The smallest absolute Gasteiger partial charge is 0.252 e. The van der Waals surface area contributed by atoms with Crippen molar-refractivity contribution < 1.29 is 23.8 Å². The summed E-state index contributed by atoms with van der Waals surface area (Å²) in [6.45, 7) is 6.88. The summed E-state index contributed by atoms with van der Waals surface area (Å²) in [7, 11) is 3.41. The van der Waals surface area contributed by atoms with Crippen LogP contribution in [0.3, 0.4) is 0 Å². The number of hydrogen-bond acceptors (Lipinski definition) is 7. The van der Waals surface area contributed by atoms with E-state index in [4.69, 9.17) is 31.5 Å². The van der Waals surface area contributed by atoms with E-state index in [1.54, 1.807) is 54.4 Å². The van der Waals surface area contributed by atoms with E-state index in [9.17, 15) is 9.59 Å². The second-order valence-corrected chi connectivity index (χ2v) is 10.9. The highest BCUT2D eigenvalue weighted by atomic mass is 35.5. The molecule has 0 aliphatic heterocycles. The molecule has 1 amide bonds. The first-order valence-electron chi connectivity index (χ1n) is 12.8. The molecule has 2 aromatic carbocycles. The lowest BCUT2D eigenvalue weighted by Gasteiger charge is -2.14. The van der Waals surface area contributed by atoms with E-state index in [-0.39, 0.29) is 36.2 Å². The second kappa shape index (κ2) is 12.1. The standard InChI is InChI=1S/C30H33ClN4O5/c1-30(2,3)28-14-19(35(4)34-28)13-20(36)12-18-6-7-21(15-24(18)31)40-26-8-9-33-25-17-27(39-11-10-38-5)23(29(32)37)16-22(25)26/h6-9,14-17H,10-13H2,1-5H3,(H2,32,37). The minimum atomic E-state index is -0.637. The number of halogens is 1. The average molecular weight is 565 g/mol. The van der Waals surface area contributed by atoms with Crippen LogP contribution in [0.15, 0.2) is 48.7 Å². The highest BCUT2D eigenvalue weighted by Crippen LogP contribution is 2.34. The van der Waals surface area contributed by atoms with Gasteiger partial charge in [-0.05, 0) is 35.9 Å². The first-order chi connectivity index (χ1) is 19.0. The zero-order valence-corrected chi connectivity index (χ0v) is 24.0. The van der Waals surface area contributed by atoms with Crippen molar-refractivity contribution in [3.05, 3.63) is 76.2 Å². The number of Topliss-reactive ketones (excluding diaryl/α,β-unsaturated/α-hetero) is 1. The van der Waals surface area contributed by atoms with Gasteiger partial charge in [-0.1, -0.05) is 38.4 Å². The van der Waals surface area contributed by atoms with Crippen molar-refractivity contribution >= 4 is 34.2 Å². The van der Waals surface area contributed by atoms with Crippen LogP contribution >= 0.6 is 11.6 Å². The fraction of sp³-hybridized carbons (Fsp3) is 0.333. The molecule has 0 spiro atoms. The zero-order chi connectivity index (χ0) is 29.0. The molecule has 0 saturated heterocycles. The van der Waals surface area contributed by atoms with Crippen LogP contribution in [0.2, 0.25) is 5.02 Å². The van der Waals surface area contributed by atoms with E-state index in [1.165, 1.54) is 0 Å². The summed E-state index contributed by atoms with van der Waals surface area (Å²) in [6.07, 6.45) is 2.04. The van der Waals surface area contributed by atoms with E-state index >= 15 is 0 Å². The Morgan fingerprint density at radius 2 is 1.80 bits per heavy atom. The van der Waals surface area contributed by atoms with Crippen LogP contribution in [0.25, 0.3) is 10.9 Å². The number of pyridine rings is 1. The Bertz CT molecular complexity index is 1560. The summed E-state index contributed by atoms with van der Waals surface area (Å²) < 4.78 is 18.6. The van der Waals surface area contributed by atoms with Crippen LogP contribution in [0.5, 0.6) is 17.2 Å². The Hall–Kier alpha value is -3.95. The number of fused-ring (bicyclic) bond motifs is 1. The van der Waals surface area contributed by atoms with Crippen molar-refractivity contribution in [3.63, 3.8) is 0 Å². The highest BCUT2D eigenvalue weighted by Gasteiger charge is 2.20. The average Bonchev–Trinajstić information content (AvgIpc) is 3.26. The number of methoxy groups -OCH3 is 1. The molecule has 0 unspecified atom stereocenters. The predicted octanol–water partition coefficient (Wildman–Crippen LogP) is 5.19. The molecule has 9 nitrogen and oxygen atoms in total. The van der Waals surface area contributed by atoms with Gasteiger partial charge in [-0.25, -0.2) is 0 Å². The number of rotatable bonds is 11. The number of benzene rings is 2. The van der Waals surface area contributed by atoms with Gasteiger partial charge < -0.3 is 19.9 Å². The molecule has 4 aromatic rings. The van der Waals surface area contributed by atoms with Crippen LogP contribution in [0.1, 0.15) is 48.1 Å². The minimum absolute atomic E-state index is 0.0293. The number of hydrogen-bond donors (Lipinski definition) is 1. The molecule has 2 heterocycles. The minimum Gasteiger partial charge on any atom is -0.490 e. The van der Waals surface area contributed by atoms with Gasteiger partial charge in [0.1, 0.15) is 29.6 Å². The third-order valence-corrected chi connectivity index (χ3v) is 6.73. The Morgan fingerprint density at radius 1 is 1.02 bits per heavy atom. The predicted molar refractivity (Wildman–Crippen MR) is 153 cm³/mol. The van der Waals surface area contributed by atoms with Gasteiger partial charge in [0.05, 0.1) is 23.4 Å². The van der Waals surface area contributed by atoms with Gasteiger partial charge in [0.15, 0.2) is 0 Å². The third-order valence-electron chi connectivity index (χ3n) is 6.38. The maximum Gasteiger partial charge on any atom is 0.252 e. The maximum absolute atomic E-state index is 12.9. The van der Waals surface area contributed by atoms with Crippen LogP contribution in [-0.4, -0.2) is 46.8 Å². The fourth-order valence-corrected chi connectivity index (χ4v) is 4.40. The van der Waals surface area contributed by atoms with E-state index in [0.29, 0.717) is 45.3 Å². The summed E-state index contributed by atoms with van der Waals surface area (Å²) in [5.74, 6) is 0.640. The quantitative estimate of drug-likeness (QED) is 0.249. The maximum atomic E-state index is 12.9. The highest BCUT2D eigenvalue weighted by molar-refractivity contribution is 6.31. The monoisotopic (exact) mass is 564 g/mol. The fourth-order valence-electron chi connectivity index (χ4n) is 4.16. The molecule has 40 heavy (non-hydrogen) atoms. The van der Waals surface area contributed by atoms with Gasteiger partial charge in [-0.15, -0.1) is 0 Å². The molecule has 10 heteroatoms. The second-order valence-electron chi connectivity index (χ2n) is 10.5. The van der Waals surface area contributed by atoms with Gasteiger partial charge in [0.25, 0.3) is 5.91 Å². The Labute approximate surface area is 238 Å².